The molecule has 140 valence electrons. The number of rotatable bonds is 6. The molecule has 0 unspecified atom stereocenters. The van der Waals surface area contributed by atoms with Crippen LogP contribution in [-0.4, -0.2) is 77.6 Å². The monoisotopic (exact) mass is 358 g/mol. The van der Waals surface area contributed by atoms with Gasteiger partial charge in [-0.05, 0) is 24.6 Å². The highest BCUT2D eigenvalue weighted by Gasteiger charge is 2.21. The molecule has 3 heterocycles. The summed E-state index contributed by atoms with van der Waals surface area (Å²) in [7, 11) is 1.84. The number of aliphatic hydroxyl groups excluding tert-OH is 2. The molecule has 8 heteroatoms. The highest BCUT2D eigenvalue weighted by Crippen LogP contribution is 2.20. The molecule has 26 heavy (non-hydrogen) atoms. The molecule has 1 aliphatic rings. The number of hydrogen-bond acceptors (Lipinski definition) is 8. The third-order valence-electron chi connectivity index (χ3n) is 4.56. The number of aromatic nitrogens is 3. The maximum atomic E-state index is 9.61. The van der Waals surface area contributed by atoms with Gasteiger partial charge in [0.05, 0.1) is 12.7 Å². The summed E-state index contributed by atoms with van der Waals surface area (Å²) in [6, 6.07) is 5.84. The molecule has 0 aliphatic carbocycles. The second-order valence-electron chi connectivity index (χ2n) is 6.55. The Bertz CT molecular complexity index is 720. The fourth-order valence-electron chi connectivity index (χ4n) is 3.10. The molecule has 1 fully saturated rings. The van der Waals surface area contributed by atoms with Gasteiger partial charge in [0.1, 0.15) is 11.6 Å². The highest BCUT2D eigenvalue weighted by molar-refractivity contribution is 5.49. The van der Waals surface area contributed by atoms with E-state index in [9.17, 15) is 5.11 Å². The molecule has 2 aromatic heterocycles. The van der Waals surface area contributed by atoms with Crippen LogP contribution in [0.25, 0.3) is 0 Å². The van der Waals surface area contributed by atoms with Gasteiger partial charge in [-0.2, -0.15) is 4.98 Å². The van der Waals surface area contributed by atoms with Gasteiger partial charge in [-0.1, -0.05) is 6.07 Å². The Hall–Kier alpha value is -2.45. The zero-order valence-electron chi connectivity index (χ0n) is 15.3. The average molecular weight is 358 g/mol. The fraction of sp³-hybridized carbons (Fsp3) is 0.500. The maximum Gasteiger partial charge on any atom is 0.227 e. The molecular weight excluding hydrogens is 332 g/mol. The fourth-order valence-corrected chi connectivity index (χ4v) is 3.10. The maximum absolute atomic E-state index is 9.61. The van der Waals surface area contributed by atoms with Crippen molar-refractivity contribution in [1.82, 2.24) is 15.0 Å². The summed E-state index contributed by atoms with van der Waals surface area (Å²) in [6.45, 7) is 5.51. The quantitative estimate of drug-likeness (QED) is 0.762. The zero-order valence-corrected chi connectivity index (χ0v) is 15.3. The Morgan fingerprint density at radius 3 is 2.54 bits per heavy atom. The Labute approximate surface area is 153 Å². The van der Waals surface area contributed by atoms with E-state index < -0.39 is 6.10 Å². The Kier molecular flexibility index (Phi) is 5.85. The van der Waals surface area contributed by atoms with Crippen LogP contribution in [-0.2, 0) is 0 Å². The summed E-state index contributed by atoms with van der Waals surface area (Å²) in [5.74, 6) is 2.45. The lowest BCUT2D eigenvalue weighted by atomic mass is 10.2. The Morgan fingerprint density at radius 1 is 1.12 bits per heavy atom. The van der Waals surface area contributed by atoms with E-state index in [0.29, 0.717) is 12.5 Å². The lowest BCUT2D eigenvalue weighted by Gasteiger charge is -2.36. The van der Waals surface area contributed by atoms with Crippen molar-refractivity contribution in [2.75, 3.05) is 61.1 Å². The van der Waals surface area contributed by atoms with E-state index in [1.54, 1.807) is 12.3 Å². The molecule has 0 aromatic carbocycles. The van der Waals surface area contributed by atoms with Gasteiger partial charge in [0.2, 0.25) is 5.95 Å². The van der Waals surface area contributed by atoms with Crippen LogP contribution in [0.1, 0.15) is 5.56 Å². The van der Waals surface area contributed by atoms with Crippen molar-refractivity contribution in [2.45, 2.75) is 13.0 Å². The third kappa shape index (κ3) is 4.20. The molecule has 0 saturated carbocycles. The van der Waals surface area contributed by atoms with E-state index in [1.165, 1.54) is 5.56 Å². The minimum Gasteiger partial charge on any atom is -0.394 e. The van der Waals surface area contributed by atoms with Crippen LogP contribution >= 0.6 is 0 Å². The molecular formula is C18H26N6O2. The zero-order chi connectivity index (χ0) is 18.5. The second kappa shape index (κ2) is 8.29. The Balaban J connectivity index is 1.64. The van der Waals surface area contributed by atoms with Gasteiger partial charge in [-0.25, -0.2) is 9.97 Å². The first-order chi connectivity index (χ1) is 12.6. The van der Waals surface area contributed by atoms with E-state index >= 15 is 0 Å². The van der Waals surface area contributed by atoms with Crippen molar-refractivity contribution in [2.24, 2.45) is 0 Å². The van der Waals surface area contributed by atoms with Gasteiger partial charge in [-0.3, -0.25) is 0 Å². The first-order valence-electron chi connectivity index (χ1n) is 8.83. The van der Waals surface area contributed by atoms with Crippen molar-refractivity contribution in [3.63, 3.8) is 0 Å². The molecule has 3 rings (SSSR count). The average Bonchev–Trinajstić information content (AvgIpc) is 2.68. The highest BCUT2D eigenvalue weighted by atomic mass is 16.3. The van der Waals surface area contributed by atoms with Crippen LogP contribution in [0.5, 0.6) is 0 Å². The van der Waals surface area contributed by atoms with E-state index in [4.69, 9.17) is 5.11 Å². The van der Waals surface area contributed by atoms with Gasteiger partial charge in [0, 0.05) is 52.2 Å². The van der Waals surface area contributed by atoms with Gasteiger partial charge in [0.15, 0.2) is 0 Å². The van der Waals surface area contributed by atoms with Crippen LogP contribution in [0.2, 0.25) is 0 Å². The number of aliphatic hydroxyl groups is 2. The van der Waals surface area contributed by atoms with Gasteiger partial charge >= 0.3 is 0 Å². The molecule has 2 aromatic rings. The molecule has 0 radical (unpaired) electrons. The van der Waals surface area contributed by atoms with Crippen LogP contribution in [0.15, 0.2) is 30.6 Å². The molecule has 0 amide bonds. The largest absolute Gasteiger partial charge is 0.394 e. The topological polar surface area (TPSA) is 88.9 Å². The summed E-state index contributed by atoms with van der Waals surface area (Å²) in [4.78, 5) is 19.8. The number of anilines is 3. The smallest absolute Gasteiger partial charge is 0.227 e. The first-order valence-corrected chi connectivity index (χ1v) is 8.83. The summed E-state index contributed by atoms with van der Waals surface area (Å²) < 4.78 is 0. The van der Waals surface area contributed by atoms with Crippen LogP contribution in [0.4, 0.5) is 17.6 Å². The summed E-state index contributed by atoms with van der Waals surface area (Å²) in [5.41, 5.74) is 1.18. The number of piperazine rings is 1. The van der Waals surface area contributed by atoms with Crippen LogP contribution in [0, 0.1) is 6.92 Å². The number of aryl methyl sites for hydroxylation is 1. The van der Waals surface area contributed by atoms with E-state index in [1.807, 2.05) is 24.2 Å². The van der Waals surface area contributed by atoms with Crippen molar-refractivity contribution in [1.29, 1.82) is 0 Å². The van der Waals surface area contributed by atoms with Crippen molar-refractivity contribution < 1.29 is 10.2 Å². The Morgan fingerprint density at radius 2 is 1.85 bits per heavy atom. The standard InChI is InChI=1S/C18H26N6O2/c1-14-4-3-6-19-17(14)23-8-10-24(11-9-23)18-20-7-5-16(21-18)22(2)12-15(26)13-25/h3-7,15,25-26H,8-13H2,1-2H3/t15-/m0/s1. The minimum absolute atomic E-state index is 0.267. The van der Waals surface area contributed by atoms with E-state index in [-0.39, 0.29) is 6.61 Å². The number of nitrogens with zero attached hydrogens (tertiary/aromatic N) is 6. The summed E-state index contributed by atoms with van der Waals surface area (Å²) in [6.07, 6.45) is 2.77. The first kappa shape index (κ1) is 18.3. The normalized spacial score (nSPS) is 15.8. The summed E-state index contributed by atoms with van der Waals surface area (Å²) in [5, 5.41) is 18.6. The molecule has 8 nitrogen and oxygen atoms in total. The van der Waals surface area contributed by atoms with Gasteiger partial charge < -0.3 is 24.9 Å². The van der Waals surface area contributed by atoms with Crippen molar-refractivity contribution >= 4 is 17.6 Å². The van der Waals surface area contributed by atoms with Gasteiger partial charge in [0.25, 0.3) is 0 Å². The predicted molar refractivity (Wildman–Crippen MR) is 102 cm³/mol. The molecule has 1 atom stereocenters. The number of hydrogen-bond donors (Lipinski definition) is 2. The predicted octanol–water partition coefficient (Wildman–Crippen LogP) is 0.296. The van der Waals surface area contributed by atoms with Crippen LogP contribution in [0.3, 0.4) is 0 Å². The molecule has 2 N–H and O–H groups in total. The van der Waals surface area contributed by atoms with Crippen LogP contribution < -0.4 is 14.7 Å². The second-order valence-corrected chi connectivity index (χ2v) is 6.55. The van der Waals surface area contributed by atoms with E-state index in [2.05, 4.69) is 37.7 Å². The lowest BCUT2D eigenvalue weighted by Crippen LogP contribution is -2.47. The van der Waals surface area contributed by atoms with Crippen molar-refractivity contribution in [3.8, 4) is 0 Å². The van der Waals surface area contributed by atoms with Crippen molar-refractivity contribution in [3.05, 3.63) is 36.2 Å². The molecule has 1 aliphatic heterocycles. The minimum atomic E-state index is -0.788. The molecule has 0 spiro atoms. The summed E-state index contributed by atoms with van der Waals surface area (Å²) >= 11 is 0. The molecule has 1 saturated heterocycles. The molecule has 0 bridgehead atoms. The third-order valence-corrected chi connectivity index (χ3v) is 4.56. The number of likely N-dealkylation sites (N-methyl/N-ethyl adjacent to an activating group) is 1. The van der Waals surface area contributed by atoms with Gasteiger partial charge in [-0.15, -0.1) is 0 Å². The SMILES string of the molecule is Cc1cccnc1N1CCN(c2nccc(N(C)C[C@H](O)CO)n2)CC1. The lowest BCUT2D eigenvalue weighted by molar-refractivity contribution is 0.101. The van der Waals surface area contributed by atoms with E-state index in [0.717, 1.165) is 37.8 Å². The number of pyridine rings is 1.